The van der Waals surface area contributed by atoms with Gasteiger partial charge in [-0.1, -0.05) is 23.7 Å². The third kappa shape index (κ3) is 6.44. The van der Waals surface area contributed by atoms with Gasteiger partial charge >= 0.3 is 5.97 Å². The summed E-state index contributed by atoms with van der Waals surface area (Å²) in [5, 5.41) is 5.49. The SMILES string of the molecule is CCOC(=O)Cc1csc(NC(=O)c2ccc(OCc3ccc(Cl)cc3)c(OC)c2)n1. The van der Waals surface area contributed by atoms with Crippen molar-refractivity contribution in [2.75, 3.05) is 19.0 Å². The predicted molar refractivity (Wildman–Crippen MR) is 119 cm³/mol. The van der Waals surface area contributed by atoms with Gasteiger partial charge in [0.1, 0.15) is 6.61 Å². The third-order valence-corrected chi connectivity index (χ3v) is 5.19. The van der Waals surface area contributed by atoms with E-state index in [1.165, 1.54) is 18.4 Å². The van der Waals surface area contributed by atoms with Gasteiger partial charge in [-0.15, -0.1) is 11.3 Å². The number of amides is 1. The molecule has 0 radical (unpaired) electrons. The van der Waals surface area contributed by atoms with E-state index in [4.69, 9.17) is 25.8 Å². The molecular weight excluding hydrogens is 440 g/mol. The average molecular weight is 461 g/mol. The molecule has 0 aliphatic heterocycles. The number of methoxy groups -OCH3 is 1. The highest BCUT2D eigenvalue weighted by Crippen LogP contribution is 2.29. The number of nitrogens with one attached hydrogen (secondary N) is 1. The normalized spacial score (nSPS) is 10.4. The minimum atomic E-state index is -0.357. The fraction of sp³-hybridized carbons (Fsp3) is 0.227. The van der Waals surface area contributed by atoms with Gasteiger partial charge in [0.15, 0.2) is 16.6 Å². The topological polar surface area (TPSA) is 86.8 Å². The molecule has 1 aromatic heterocycles. The number of thiazole rings is 1. The van der Waals surface area contributed by atoms with Crippen molar-refractivity contribution in [1.82, 2.24) is 4.98 Å². The lowest BCUT2D eigenvalue weighted by Crippen LogP contribution is -2.12. The molecule has 0 atom stereocenters. The largest absolute Gasteiger partial charge is 0.493 e. The van der Waals surface area contributed by atoms with Crippen LogP contribution in [0.3, 0.4) is 0 Å². The minimum absolute atomic E-state index is 0.0632. The van der Waals surface area contributed by atoms with Gasteiger partial charge in [0.2, 0.25) is 0 Å². The number of nitrogens with zero attached hydrogens (tertiary/aromatic N) is 1. The van der Waals surface area contributed by atoms with E-state index in [9.17, 15) is 9.59 Å². The average Bonchev–Trinajstić information content (AvgIpc) is 3.19. The van der Waals surface area contributed by atoms with E-state index in [-0.39, 0.29) is 18.3 Å². The molecule has 0 saturated carbocycles. The second-order valence-electron chi connectivity index (χ2n) is 6.36. The number of hydrogen-bond donors (Lipinski definition) is 1. The van der Waals surface area contributed by atoms with Crippen LogP contribution < -0.4 is 14.8 Å². The maximum atomic E-state index is 12.6. The van der Waals surface area contributed by atoms with Gasteiger partial charge in [-0.3, -0.25) is 14.9 Å². The molecule has 7 nitrogen and oxygen atoms in total. The first-order valence-corrected chi connectivity index (χ1v) is 10.7. The molecule has 1 amide bonds. The summed E-state index contributed by atoms with van der Waals surface area (Å²) in [6, 6.07) is 12.3. The number of ether oxygens (including phenoxy) is 3. The number of esters is 1. The summed E-state index contributed by atoms with van der Waals surface area (Å²) >= 11 is 7.13. The van der Waals surface area contributed by atoms with Crippen molar-refractivity contribution in [3.05, 3.63) is 69.7 Å². The monoisotopic (exact) mass is 460 g/mol. The summed E-state index contributed by atoms with van der Waals surface area (Å²) in [6.07, 6.45) is 0.0632. The van der Waals surface area contributed by atoms with Crippen LogP contribution in [0.25, 0.3) is 0 Å². The van der Waals surface area contributed by atoms with Crippen molar-refractivity contribution >= 4 is 39.9 Å². The first-order valence-electron chi connectivity index (χ1n) is 9.45. The van der Waals surface area contributed by atoms with Crippen LogP contribution in [0, 0.1) is 0 Å². The molecule has 3 rings (SSSR count). The summed E-state index contributed by atoms with van der Waals surface area (Å²) in [4.78, 5) is 28.4. The Bertz CT molecular complexity index is 1050. The molecule has 0 saturated heterocycles. The molecule has 1 N–H and O–H groups in total. The van der Waals surface area contributed by atoms with E-state index in [2.05, 4.69) is 10.3 Å². The predicted octanol–water partition coefficient (Wildman–Crippen LogP) is 4.74. The van der Waals surface area contributed by atoms with E-state index in [0.717, 1.165) is 5.56 Å². The minimum Gasteiger partial charge on any atom is -0.493 e. The Balaban J connectivity index is 1.63. The highest BCUT2D eigenvalue weighted by atomic mass is 35.5. The van der Waals surface area contributed by atoms with Crippen molar-refractivity contribution in [2.45, 2.75) is 20.0 Å². The maximum absolute atomic E-state index is 12.6. The van der Waals surface area contributed by atoms with Crippen LogP contribution in [0.4, 0.5) is 5.13 Å². The van der Waals surface area contributed by atoms with Crippen LogP contribution in [-0.2, 0) is 22.6 Å². The van der Waals surface area contributed by atoms with E-state index in [0.29, 0.717) is 46.1 Å². The fourth-order valence-electron chi connectivity index (χ4n) is 2.64. The van der Waals surface area contributed by atoms with E-state index in [1.807, 2.05) is 12.1 Å². The summed E-state index contributed by atoms with van der Waals surface area (Å²) in [5.41, 5.74) is 1.88. The number of anilines is 1. The van der Waals surface area contributed by atoms with Gasteiger partial charge in [-0.25, -0.2) is 4.98 Å². The molecule has 2 aromatic carbocycles. The van der Waals surface area contributed by atoms with Gasteiger partial charge in [0.05, 0.1) is 25.8 Å². The zero-order valence-corrected chi connectivity index (χ0v) is 18.6. The second kappa shape index (κ2) is 10.8. The van der Waals surface area contributed by atoms with Crippen molar-refractivity contribution in [2.24, 2.45) is 0 Å². The summed E-state index contributed by atoms with van der Waals surface area (Å²) < 4.78 is 16.1. The lowest BCUT2D eigenvalue weighted by molar-refractivity contribution is -0.142. The fourth-order valence-corrected chi connectivity index (χ4v) is 3.48. The van der Waals surface area contributed by atoms with Crippen LogP contribution in [-0.4, -0.2) is 30.6 Å². The number of rotatable bonds is 9. The van der Waals surface area contributed by atoms with E-state index < -0.39 is 0 Å². The van der Waals surface area contributed by atoms with Gasteiger partial charge in [-0.2, -0.15) is 0 Å². The second-order valence-corrected chi connectivity index (χ2v) is 7.66. The highest BCUT2D eigenvalue weighted by molar-refractivity contribution is 7.14. The van der Waals surface area contributed by atoms with Crippen LogP contribution in [0.2, 0.25) is 5.02 Å². The van der Waals surface area contributed by atoms with Crippen molar-refractivity contribution in [3.8, 4) is 11.5 Å². The molecule has 0 fully saturated rings. The van der Waals surface area contributed by atoms with Crippen LogP contribution in [0.1, 0.15) is 28.5 Å². The van der Waals surface area contributed by atoms with Crippen molar-refractivity contribution < 1.29 is 23.8 Å². The Morgan fingerprint density at radius 2 is 1.90 bits per heavy atom. The third-order valence-electron chi connectivity index (χ3n) is 4.14. The number of carbonyl (C=O) groups is 2. The molecule has 0 unspecified atom stereocenters. The zero-order chi connectivity index (χ0) is 22.2. The smallest absolute Gasteiger partial charge is 0.311 e. The Morgan fingerprint density at radius 1 is 1.13 bits per heavy atom. The Kier molecular flexibility index (Phi) is 7.86. The molecule has 1 heterocycles. The van der Waals surface area contributed by atoms with Gasteiger partial charge in [-0.05, 0) is 42.8 Å². The molecular formula is C22H21ClN2O5S. The first-order chi connectivity index (χ1) is 15.0. The van der Waals surface area contributed by atoms with Crippen LogP contribution in [0.15, 0.2) is 47.8 Å². The highest BCUT2D eigenvalue weighted by Gasteiger charge is 2.14. The molecule has 0 bridgehead atoms. The molecule has 9 heteroatoms. The van der Waals surface area contributed by atoms with Crippen LogP contribution in [0.5, 0.6) is 11.5 Å². The summed E-state index contributed by atoms with van der Waals surface area (Å²) in [7, 11) is 1.51. The Labute approximate surface area is 188 Å². The molecule has 31 heavy (non-hydrogen) atoms. The number of halogens is 1. The molecule has 0 spiro atoms. The first kappa shape index (κ1) is 22.6. The maximum Gasteiger partial charge on any atom is 0.311 e. The lowest BCUT2D eigenvalue weighted by atomic mass is 10.2. The Hall–Kier alpha value is -3.10. The Morgan fingerprint density at radius 3 is 2.61 bits per heavy atom. The standard InChI is InChI=1S/C22H21ClN2O5S/c1-3-29-20(26)11-17-13-31-22(24-17)25-21(27)15-6-9-18(19(10-15)28-2)30-12-14-4-7-16(23)8-5-14/h4-10,13H,3,11-12H2,1-2H3,(H,24,25,27). The van der Waals surface area contributed by atoms with E-state index in [1.54, 1.807) is 42.6 Å². The quantitative estimate of drug-likeness (QED) is 0.464. The number of aromatic nitrogens is 1. The van der Waals surface area contributed by atoms with Crippen molar-refractivity contribution in [3.63, 3.8) is 0 Å². The number of benzene rings is 2. The van der Waals surface area contributed by atoms with Crippen LogP contribution >= 0.6 is 22.9 Å². The number of carbonyl (C=O) groups excluding carboxylic acids is 2. The lowest BCUT2D eigenvalue weighted by Gasteiger charge is -2.12. The van der Waals surface area contributed by atoms with Gasteiger partial charge in [0, 0.05) is 16.0 Å². The van der Waals surface area contributed by atoms with Gasteiger partial charge < -0.3 is 14.2 Å². The molecule has 0 aliphatic carbocycles. The van der Waals surface area contributed by atoms with E-state index >= 15 is 0 Å². The summed E-state index contributed by atoms with van der Waals surface area (Å²) in [6.45, 7) is 2.39. The molecule has 0 aliphatic rings. The van der Waals surface area contributed by atoms with Crippen molar-refractivity contribution in [1.29, 1.82) is 0 Å². The number of hydrogen-bond acceptors (Lipinski definition) is 7. The molecule has 3 aromatic rings. The summed E-state index contributed by atoms with van der Waals surface area (Å²) in [5.74, 6) is 0.243. The molecule has 162 valence electrons. The zero-order valence-electron chi connectivity index (χ0n) is 17.0. The van der Waals surface area contributed by atoms with Gasteiger partial charge in [0.25, 0.3) is 5.91 Å².